The molecular weight excluding hydrogens is 196 g/mol. The Morgan fingerprint density at radius 2 is 2.20 bits per heavy atom. The molecule has 3 atom stereocenters. The summed E-state index contributed by atoms with van der Waals surface area (Å²) >= 11 is 0. The Morgan fingerprint density at radius 3 is 2.80 bits per heavy atom. The van der Waals surface area contributed by atoms with E-state index in [9.17, 15) is 15.0 Å². The van der Waals surface area contributed by atoms with Crippen LogP contribution in [-0.4, -0.2) is 39.9 Å². The molecule has 0 radical (unpaired) electrons. The Labute approximate surface area is 87.9 Å². The van der Waals surface area contributed by atoms with Crippen molar-refractivity contribution in [2.75, 3.05) is 0 Å². The lowest BCUT2D eigenvalue weighted by molar-refractivity contribution is -0.116. The van der Waals surface area contributed by atoms with Crippen molar-refractivity contribution >= 4 is 5.78 Å². The number of rotatable bonds is 2. The molecule has 2 N–H and O–H groups in total. The summed E-state index contributed by atoms with van der Waals surface area (Å²) in [5.41, 5.74) is -0.453. The highest BCUT2D eigenvalue weighted by Crippen LogP contribution is 2.34. The maximum Gasteiger partial charge on any atom is 0.187 e. The monoisotopic (exact) mass is 210 g/mol. The van der Waals surface area contributed by atoms with E-state index in [0.29, 0.717) is 5.57 Å². The molecule has 1 fully saturated rings. The minimum absolute atomic E-state index is 0.110. The van der Waals surface area contributed by atoms with Crippen LogP contribution in [0.5, 0.6) is 0 Å². The maximum atomic E-state index is 11.3. The van der Waals surface area contributed by atoms with Crippen LogP contribution in [0.1, 0.15) is 13.8 Å². The lowest BCUT2D eigenvalue weighted by Crippen LogP contribution is -2.27. The predicted molar refractivity (Wildman–Crippen MR) is 53.2 cm³/mol. The molecular formula is C11H14O4. The Balaban J connectivity index is 2.15. The quantitative estimate of drug-likeness (QED) is 0.627. The second-order valence-corrected chi connectivity index (χ2v) is 4.50. The van der Waals surface area contributed by atoms with Crippen molar-refractivity contribution in [2.45, 2.75) is 37.8 Å². The van der Waals surface area contributed by atoms with Crippen molar-refractivity contribution in [1.82, 2.24) is 0 Å². The Kier molecular flexibility index (Phi) is 2.30. The van der Waals surface area contributed by atoms with Crippen LogP contribution in [0.4, 0.5) is 0 Å². The number of fused-ring (bicyclic) bond motifs is 1. The molecule has 0 bridgehead atoms. The van der Waals surface area contributed by atoms with Gasteiger partial charge >= 0.3 is 0 Å². The van der Waals surface area contributed by atoms with E-state index < -0.39 is 17.8 Å². The van der Waals surface area contributed by atoms with Gasteiger partial charge in [-0.1, -0.05) is 12.2 Å². The fourth-order valence-electron chi connectivity index (χ4n) is 1.56. The van der Waals surface area contributed by atoms with Gasteiger partial charge in [0.25, 0.3) is 0 Å². The molecule has 0 aromatic heterocycles. The summed E-state index contributed by atoms with van der Waals surface area (Å²) in [6, 6.07) is 0. The van der Waals surface area contributed by atoms with Gasteiger partial charge in [-0.15, -0.1) is 0 Å². The first-order valence-electron chi connectivity index (χ1n) is 4.89. The number of ketones is 1. The van der Waals surface area contributed by atoms with E-state index in [4.69, 9.17) is 4.74 Å². The van der Waals surface area contributed by atoms with Gasteiger partial charge in [-0.25, -0.2) is 0 Å². The van der Waals surface area contributed by atoms with Crippen molar-refractivity contribution in [3.63, 3.8) is 0 Å². The molecule has 3 unspecified atom stereocenters. The van der Waals surface area contributed by atoms with Crippen LogP contribution in [0.25, 0.3) is 0 Å². The molecule has 82 valence electrons. The maximum absolute atomic E-state index is 11.3. The third-order valence-electron chi connectivity index (χ3n) is 2.45. The Hall–Kier alpha value is -0.970. The summed E-state index contributed by atoms with van der Waals surface area (Å²) in [4.78, 5) is 11.3. The molecule has 2 rings (SSSR count). The van der Waals surface area contributed by atoms with E-state index in [-0.39, 0.29) is 11.9 Å². The van der Waals surface area contributed by atoms with Crippen molar-refractivity contribution in [3.8, 4) is 0 Å². The molecule has 1 aliphatic carbocycles. The SMILES string of the molecule is CC(C)(O)C=CC1=CC(=O)C2OC2C1O. The summed E-state index contributed by atoms with van der Waals surface area (Å²) in [7, 11) is 0. The van der Waals surface area contributed by atoms with Gasteiger partial charge in [0.1, 0.15) is 18.3 Å². The molecule has 4 nitrogen and oxygen atoms in total. The Bertz CT molecular complexity index is 348. The van der Waals surface area contributed by atoms with Gasteiger partial charge in [-0.2, -0.15) is 0 Å². The van der Waals surface area contributed by atoms with E-state index >= 15 is 0 Å². The minimum atomic E-state index is -0.954. The van der Waals surface area contributed by atoms with Crippen LogP contribution in [0, 0.1) is 0 Å². The molecule has 1 saturated heterocycles. The lowest BCUT2D eigenvalue weighted by Gasteiger charge is -2.15. The standard InChI is InChI=1S/C11H14O4/c1-11(2,14)4-3-6-5-7(12)9-10(15-9)8(6)13/h3-5,8-10,13-14H,1-2H3. The summed E-state index contributed by atoms with van der Waals surface area (Å²) in [6.07, 6.45) is 2.90. The van der Waals surface area contributed by atoms with E-state index in [0.717, 1.165) is 0 Å². The highest BCUT2D eigenvalue weighted by molar-refractivity contribution is 5.98. The van der Waals surface area contributed by atoms with Gasteiger partial charge in [0.2, 0.25) is 0 Å². The molecule has 0 aromatic carbocycles. The second kappa shape index (κ2) is 3.27. The van der Waals surface area contributed by atoms with Gasteiger partial charge in [-0.3, -0.25) is 4.79 Å². The van der Waals surface area contributed by atoms with Crippen molar-refractivity contribution < 1.29 is 19.7 Å². The minimum Gasteiger partial charge on any atom is -0.386 e. The number of aliphatic hydroxyl groups is 2. The van der Waals surface area contributed by atoms with Crippen LogP contribution in [0.15, 0.2) is 23.8 Å². The molecule has 2 aliphatic rings. The topological polar surface area (TPSA) is 70.1 Å². The average molecular weight is 210 g/mol. The first-order chi connectivity index (χ1) is 6.88. The Morgan fingerprint density at radius 1 is 1.53 bits per heavy atom. The molecule has 4 heteroatoms. The van der Waals surface area contributed by atoms with E-state index in [1.807, 2.05) is 0 Å². The molecule has 1 aliphatic heterocycles. The van der Waals surface area contributed by atoms with Gasteiger partial charge in [0, 0.05) is 0 Å². The summed E-state index contributed by atoms with van der Waals surface area (Å²) in [5.74, 6) is -0.110. The highest BCUT2D eigenvalue weighted by Gasteiger charge is 2.52. The first-order valence-corrected chi connectivity index (χ1v) is 4.89. The van der Waals surface area contributed by atoms with Crippen LogP contribution < -0.4 is 0 Å². The molecule has 0 aromatic rings. The molecule has 0 spiro atoms. The summed E-state index contributed by atoms with van der Waals surface area (Å²) < 4.78 is 5.02. The number of ether oxygens (including phenoxy) is 1. The van der Waals surface area contributed by atoms with Crippen LogP contribution >= 0.6 is 0 Å². The number of hydrogen-bond donors (Lipinski definition) is 2. The molecule has 15 heavy (non-hydrogen) atoms. The molecule has 0 saturated carbocycles. The van der Waals surface area contributed by atoms with E-state index in [2.05, 4.69) is 0 Å². The predicted octanol–water partition coefficient (Wildman–Crippen LogP) is -0.0491. The molecule has 1 heterocycles. The smallest absolute Gasteiger partial charge is 0.187 e. The largest absolute Gasteiger partial charge is 0.386 e. The first kappa shape index (κ1) is 10.5. The van der Waals surface area contributed by atoms with Crippen molar-refractivity contribution in [3.05, 3.63) is 23.8 Å². The number of aliphatic hydroxyl groups excluding tert-OH is 1. The van der Waals surface area contributed by atoms with E-state index in [1.165, 1.54) is 12.2 Å². The van der Waals surface area contributed by atoms with Gasteiger partial charge in [0.15, 0.2) is 5.78 Å². The number of epoxide rings is 1. The molecule has 0 amide bonds. The highest BCUT2D eigenvalue weighted by atomic mass is 16.6. The summed E-state index contributed by atoms with van der Waals surface area (Å²) in [5, 5.41) is 19.2. The van der Waals surface area contributed by atoms with Crippen molar-refractivity contribution in [1.29, 1.82) is 0 Å². The van der Waals surface area contributed by atoms with Crippen LogP contribution in [0.3, 0.4) is 0 Å². The van der Waals surface area contributed by atoms with Crippen LogP contribution in [-0.2, 0) is 9.53 Å². The number of carbonyl (C=O) groups is 1. The van der Waals surface area contributed by atoms with Crippen molar-refractivity contribution in [2.24, 2.45) is 0 Å². The van der Waals surface area contributed by atoms with E-state index in [1.54, 1.807) is 19.9 Å². The fourth-order valence-corrected chi connectivity index (χ4v) is 1.56. The zero-order valence-electron chi connectivity index (χ0n) is 8.68. The van der Waals surface area contributed by atoms with Gasteiger partial charge in [-0.05, 0) is 25.5 Å². The zero-order chi connectivity index (χ0) is 11.2. The third-order valence-corrected chi connectivity index (χ3v) is 2.45. The normalized spacial score (nSPS) is 35.3. The average Bonchev–Trinajstić information content (AvgIpc) is 2.87. The lowest BCUT2D eigenvalue weighted by atomic mass is 9.94. The van der Waals surface area contributed by atoms with Crippen LogP contribution in [0.2, 0.25) is 0 Å². The number of hydrogen-bond acceptors (Lipinski definition) is 4. The zero-order valence-corrected chi connectivity index (χ0v) is 8.68. The second-order valence-electron chi connectivity index (χ2n) is 4.50. The fraction of sp³-hybridized carbons (Fsp3) is 0.545. The third kappa shape index (κ3) is 2.17. The van der Waals surface area contributed by atoms with Gasteiger partial charge < -0.3 is 14.9 Å². The van der Waals surface area contributed by atoms with Gasteiger partial charge in [0.05, 0.1) is 5.60 Å². The summed E-state index contributed by atoms with van der Waals surface area (Å²) in [6.45, 7) is 3.25. The number of carbonyl (C=O) groups excluding carboxylic acids is 1.